The molecule has 0 atom stereocenters. The van der Waals surface area contributed by atoms with Gasteiger partial charge in [-0.15, -0.1) is 0 Å². The lowest BCUT2D eigenvalue weighted by Gasteiger charge is -2.12. The smallest absolute Gasteiger partial charge is 0.265 e. The number of hydrogen-bond acceptors (Lipinski definition) is 5. The third-order valence-electron chi connectivity index (χ3n) is 2.73. The van der Waals surface area contributed by atoms with Gasteiger partial charge in [0.15, 0.2) is 0 Å². The minimum absolute atomic E-state index is 0.0469. The number of benzene rings is 1. The van der Waals surface area contributed by atoms with Gasteiger partial charge in [0.2, 0.25) is 0 Å². The first-order chi connectivity index (χ1) is 9.96. The zero-order chi connectivity index (χ0) is 15.5. The molecule has 1 aromatic carbocycles. The number of nitrogens with zero attached hydrogens (tertiary/aromatic N) is 1. The van der Waals surface area contributed by atoms with E-state index in [-0.39, 0.29) is 17.3 Å². The molecule has 112 valence electrons. The summed E-state index contributed by atoms with van der Waals surface area (Å²) in [6.45, 7) is -0.0908. The number of rotatable bonds is 5. The van der Waals surface area contributed by atoms with Crippen LogP contribution in [0.4, 0.5) is 11.5 Å². The monoisotopic (exact) mass is 371 g/mol. The zero-order valence-corrected chi connectivity index (χ0v) is 13.6. The first-order valence-electron chi connectivity index (χ1n) is 6.02. The number of aliphatic hydroxyl groups is 1. The van der Waals surface area contributed by atoms with Gasteiger partial charge in [0, 0.05) is 23.4 Å². The molecule has 0 aliphatic heterocycles. The quantitative estimate of drug-likeness (QED) is 0.749. The minimum atomic E-state index is -3.77. The number of anilines is 2. The van der Waals surface area contributed by atoms with Gasteiger partial charge in [0.25, 0.3) is 10.0 Å². The van der Waals surface area contributed by atoms with E-state index < -0.39 is 10.0 Å². The second-order valence-electron chi connectivity index (χ2n) is 4.21. The lowest BCUT2D eigenvalue weighted by molar-refractivity contribution is 0.282. The van der Waals surface area contributed by atoms with Gasteiger partial charge < -0.3 is 10.4 Å². The Morgan fingerprint density at radius 2 is 1.95 bits per heavy atom. The molecule has 3 N–H and O–H groups in total. The van der Waals surface area contributed by atoms with Crippen LogP contribution in [0.2, 0.25) is 0 Å². The largest absolute Gasteiger partial charge is 0.392 e. The Morgan fingerprint density at radius 3 is 2.52 bits per heavy atom. The molecule has 0 bridgehead atoms. The molecule has 0 saturated carbocycles. The fourth-order valence-corrected chi connectivity index (χ4v) is 3.43. The van der Waals surface area contributed by atoms with Gasteiger partial charge in [0.1, 0.15) is 10.7 Å². The molecule has 1 heterocycles. The number of aliphatic hydroxyl groups excluding tert-OH is 1. The van der Waals surface area contributed by atoms with Gasteiger partial charge in [-0.1, -0.05) is 12.1 Å². The SMILES string of the molecule is CNc1ncc(Br)cc1S(=O)(=O)Nc1ccc(CO)cc1. The molecule has 0 fully saturated rings. The Hall–Kier alpha value is -1.64. The highest BCUT2D eigenvalue weighted by Crippen LogP contribution is 2.25. The maximum Gasteiger partial charge on any atom is 0.265 e. The highest BCUT2D eigenvalue weighted by atomic mass is 79.9. The highest BCUT2D eigenvalue weighted by Gasteiger charge is 2.20. The van der Waals surface area contributed by atoms with E-state index in [9.17, 15) is 8.42 Å². The molecule has 2 aromatic rings. The van der Waals surface area contributed by atoms with E-state index in [2.05, 4.69) is 31.0 Å². The second kappa shape index (κ2) is 6.42. The van der Waals surface area contributed by atoms with Crippen LogP contribution >= 0.6 is 15.9 Å². The summed E-state index contributed by atoms with van der Waals surface area (Å²) in [5, 5.41) is 11.7. The molecule has 0 saturated heterocycles. The molecule has 8 heteroatoms. The Kier molecular flexibility index (Phi) is 4.81. The molecule has 2 rings (SSSR count). The van der Waals surface area contributed by atoms with Crippen LogP contribution < -0.4 is 10.0 Å². The third kappa shape index (κ3) is 3.72. The average Bonchev–Trinajstić information content (AvgIpc) is 2.47. The van der Waals surface area contributed by atoms with Crippen molar-refractivity contribution in [3.8, 4) is 0 Å². The molecule has 0 radical (unpaired) electrons. The van der Waals surface area contributed by atoms with Crippen molar-refractivity contribution >= 4 is 37.5 Å². The van der Waals surface area contributed by atoms with E-state index in [1.54, 1.807) is 31.3 Å². The number of nitrogens with one attached hydrogen (secondary N) is 2. The molecule has 0 aliphatic rings. The maximum absolute atomic E-state index is 12.4. The maximum atomic E-state index is 12.4. The molecular weight excluding hydrogens is 358 g/mol. The number of pyridine rings is 1. The molecule has 1 aromatic heterocycles. The van der Waals surface area contributed by atoms with Crippen molar-refractivity contribution in [3.05, 3.63) is 46.6 Å². The number of sulfonamides is 1. The first kappa shape index (κ1) is 15.7. The van der Waals surface area contributed by atoms with Gasteiger partial charge in [0.05, 0.1) is 6.61 Å². The van der Waals surface area contributed by atoms with Crippen molar-refractivity contribution in [1.82, 2.24) is 4.98 Å². The van der Waals surface area contributed by atoms with Crippen molar-refractivity contribution < 1.29 is 13.5 Å². The standard InChI is InChI=1S/C13H14BrN3O3S/c1-15-13-12(6-10(14)7-16-13)21(19,20)17-11-4-2-9(8-18)3-5-11/h2-7,17-18H,8H2,1H3,(H,15,16). The van der Waals surface area contributed by atoms with E-state index in [0.29, 0.717) is 15.7 Å². The topological polar surface area (TPSA) is 91.3 Å². The summed E-state index contributed by atoms with van der Waals surface area (Å²) in [7, 11) is -2.16. The minimum Gasteiger partial charge on any atom is -0.392 e. The van der Waals surface area contributed by atoms with Crippen LogP contribution in [-0.2, 0) is 16.6 Å². The van der Waals surface area contributed by atoms with Gasteiger partial charge >= 0.3 is 0 Å². The zero-order valence-electron chi connectivity index (χ0n) is 11.2. The van der Waals surface area contributed by atoms with Crippen molar-refractivity contribution in [1.29, 1.82) is 0 Å². The van der Waals surface area contributed by atoms with Gasteiger partial charge in [-0.25, -0.2) is 13.4 Å². The predicted octanol–water partition coefficient (Wildman–Crippen LogP) is 2.18. The van der Waals surface area contributed by atoms with Crippen molar-refractivity contribution in [2.45, 2.75) is 11.5 Å². The van der Waals surface area contributed by atoms with Crippen LogP contribution in [0.3, 0.4) is 0 Å². The van der Waals surface area contributed by atoms with Crippen molar-refractivity contribution in [3.63, 3.8) is 0 Å². The number of halogens is 1. The van der Waals surface area contributed by atoms with Crippen LogP contribution in [0.15, 0.2) is 45.9 Å². The van der Waals surface area contributed by atoms with Crippen LogP contribution in [0.25, 0.3) is 0 Å². The molecule has 0 amide bonds. The third-order valence-corrected chi connectivity index (χ3v) is 4.56. The van der Waals surface area contributed by atoms with E-state index in [1.807, 2.05) is 0 Å². The summed E-state index contributed by atoms with van der Waals surface area (Å²) in [6.07, 6.45) is 1.51. The summed E-state index contributed by atoms with van der Waals surface area (Å²) in [6, 6.07) is 7.95. The molecule has 21 heavy (non-hydrogen) atoms. The predicted molar refractivity (Wildman–Crippen MR) is 84.7 cm³/mol. The Labute approximate surface area is 131 Å². The van der Waals surface area contributed by atoms with E-state index in [4.69, 9.17) is 5.11 Å². The van der Waals surface area contributed by atoms with E-state index >= 15 is 0 Å². The summed E-state index contributed by atoms with van der Waals surface area (Å²) in [4.78, 5) is 4.07. The highest BCUT2D eigenvalue weighted by molar-refractivity contribution is 9.10. The second-order valence-corrected chi connectivity index (χ2v) is 6.78. The lowest BCUT2D eigenvalue weighted by atomic mass is 10.2. The fourth-order valence-electron chi connectivity index (χ4n) is 1.70. The van der Waals surface area contributed by atoms with Gasteiger partial charge in [-0.2, -0.15) is 0 Å². The molecular formula is C13H14BrN3O3S. The molecule has 0 aliphatic carbocycles. The molecule has 6 nitrogen and oxygen atoms in total. The summed E-state index contributed by atoms with van der Waals surface area (Å²) < 4.78 is 27.9. The number of aromatic nitrogens is 1. The van der Waals surface area contributed by atoms with Gasteiger partial charge in [-0.3, -0.25) is 4.72 Å². The van der Waals surface area contributed by atoms with Crippen LogP contribution in [-0.4, -0.2) is 25.6 Å². The fraction of sp³-hybridized carbons (Fsp3) is 0.154. The molecule has 0 unspecified atom stereocenters. The Bertz CT molecular complexity index is 733. The van der Waals surface area contributed by atoms with E-state index in [1.165, 1.54) is 12.3 Å². The first-order valence-corrected chi connectivity index (χ1v) is 8.30. The van der Waals surface area contributed by atoms with Crippen LogP contribution in [0.1, 0.15) is 5.56 Å². The average molecular weight is 372 g/mol. The normalized spacial score (nSPS) is 11.2. The number of hydrogen-bond donors (Lipinski definition) is 3. The van der Waals surface area contributed by atoms with Crippen molar-refractivity contribution in [2.75, 3.05) is 17.1 Å². The Balaban J connectivity index is 2.35. The van der Waals surface area contributed by atoms with Crippen LogP contribution in [0, 0.1) is 0 Å². The van der Waals surface area contributed by atoms with Crippen LogP contribution in [0.5, 0.6) is 0 Å². The van der Waals surface area contributed by atoms with E-state index in [0.717, 1.165) is 0 Å². The van der Waals surface area contributed by atoms with Crippen molar-refractivity contribution in [2.24, 2.45) is 0 Å². The molecule has 0 spiro atoms. The summed E-state index contributed by atoms with van der Waals surface area (Å²) >= 11 is 3.21. The summed E-state index contributed by atoms with van der Waals surface area (Å²) in [5.74, 6) is 0.262. The Morgan fingerprint density at radius 1 is 1.29 bits per heavy atom. The van der Waals surface area contributed by atoms with Gasteiger partial charge in [-0.05, 0) is 39.7 Å². The summed E-state index contributed by atoms with van der Waals surface area (Å²) in [5.41, 5.74) is 1.12. The lowest BCUT2D eigenvalue weighted by Crippen LogP contribution is -2.15.